The van der Waals surface area contributed by atoms with Crippen LogP contribution in [0.5, 0.6) is 0 Å². The van der Waals surface area contributed by atoms with Crippen molar-refractivity contribution < 1.29 is 0 Å². The highest BCUT2D eigenvalue weighted by atomic mass is 35.5. The Morgan fingerprint density at radius 3 is 2.78 bits per heavy atom. The number of halogens is 1. The minimum atomic E-state index is 0.329. The summed E-state index contributed by atoms with van der Waals surface area (Å²) in [6.07, 6.45) is 4.66. The van der Waals surface area contributed by atoms with E-state index in [2.05, 4.69) is 38.9 Å². The molecule has 1 saturated heterocycles. The van der Waals surface area contributed by atoms with Crippen molar-refractivity contribution in [1.29, 1.82) is 0 Å². The van der Waals surface area contributed by atoms with Gasteiger partial charge < -0.3 is 10.6 Å². The van der Waals surface area contributed by atoms with Crippen molar-refractivity contribution in [2.45, 2.75) is 18.9 Å². The molecule has 0 bridgehead atoms. The van der Waals surface area contributed by atoms with Gasteiger partial charge in [0.25, 0.3) is 0 Å². The van der Waals surface area contributed by atoms with Crippen LogP contribution in [0.4, 0.5) is 0 Å². The first-order valence-corrected chi connectivity index (χ1v) is 9.94. The zero-order valence-electron chi connectivity index (χ0n) is 14.0. The molecule has 6 heteroatoms. The van der Waals surface area contributed by atoms with Gasteiger partial charge in [0.15, 0.2) is 5.96 Å². The van der Waals surface area contributed by atoms with Gasteiger partial charge >= 0.3 is 0 Å². The van der Waals surface area contributed by atoms with E-state index in [1.807, 2.05) is 30.9 Å². The zero-order chi connectivity index (χ0) is 16.5. The maximum Gasteiger partial charge on any atom is 0.191 e. The van der Waals surface area contributed by atoms with E-state index >= 15 is 0 Å². The van der Waals surface area contributed by atoms with E-state index in [4.69, 9.17) is 11.6 Å². The normalized spacial score (nSPS) is 17.3. The fourth-order valence-corrected chi connectivity index (χ4v) is 3.42. The molecule has 4 nitrogen and oxygen atoms in total. The number of guanidine groups is 1. The van der Waals surface area contributed by atoms with Gasteiger partial charge in [0.2, 0.25) is 0 Å². The summed E-state index contributed by atoms with van der Waals surface area (Å²) in [5.74, 6) is 1.94. The lowest BCUT2D eigenvalue weighted by Crippen LogP contribution is -2.43. The first-order valence-electron chi connectivity index (χ1n) is 8.17. The van der Waals surface area contributed by atoms with Gasteiger partial charge in [-0.3, -0.25) is 9.89 Å². The summed E-state index contributed by atoms with van der Waals surface area (Å²) < 4.78 is 0. The zero-order valence-corrected chi connectivity index (χ0v) is 15.6. The first-order chi connectivity index (χ1) is 11.2. The van der Waals surface area contributed by atoms with E-state index in [1.54, 1.807) is 0 Å². The first kappa shape index (κ1) is 18.4. The van der Waals surface area contributed by atoms with E-state index in [-0.39, 0.29) is 0 Å². The molecule has 2 N–H and O–H groups in total. The molecule has 128 valence electrons. The average molecular weight is 355 g/mol. The Labute approximate surface area is 149 Å². The van der Waals surface area contributed by atoms with Crippen molar-refractivity contribution in [3.63, 3.8) is 0 Å². The van der Waals surface area contributed by atoms with Crippen LogP contribution in [-0.2, 0) is 0 Å². The third-order valence-corrected chi connectivity index (χ3v) is 4.95. The molecule has 0 radical (unpaired) electrons. The van der Waals surface area contributed by atoms with Gasteiger partial charge in [-0.15, -0.1) is 0 Å². The van der Waals surface area contributed by atoms with Gasteiger partial charge in [-0.2, -0.15) is 11.8 Å². The Kier molecular flexibility index (Phi) is 8.06. The molecular formula is C17H27ClN4S. The standard InChI is InChI=1S/C17H27ClN4S/c1-19-17(20-8-11-23-2)21-13-16(22-9-3-4-10-22)14-6-5-7-15(18)12-14/h5-7,12,16H,3-4,8-11,13H2,1-2H3,(H2,19,20,21). The van der Waals surface area contributed by atoms with Crippen LogP contribution in [0.2, 0.25) is 5.02 Å². The number of hydrogen-bond donors (Lipinski definition) is 2. The third-order valence-electron chi connectivity index (χ3n) is 4.10. The summed E-state index contributed by atoms with van der Waals surface area (Å²) >= 11 is 8.02. The average Bonchev–Trinajstić information content (AvgIpc) is 3.08. The van der Waals surface area contributed by atoms with Gasteiger partial charge in [-0.1, -0.05) is 23.7 Å². The maximum atomic E-state index is 6.19. The minimum Gasteiger partial charge on any atom is -0.356 e. The number of thioether (sulfide) groups is 1. The van der Waals surface area contributed by atoms with E-state index in [0.29, 0.717) is 6.04 Å². The van der Waals surface area contributed by atoms with Crippen LogP contribution in [0, 0.1) is 0 Å². The molecule has 1 atom stereocenters. The maximum absolute atomic E-state index is 6.19. The molecule has 1 unspecified atom stereocenters. The molecule has 0 amide bonds. The quantitative estimate of drug-likeness (QED) is 0.448. The largest absolute Gasteiger partial charge is 0.356 e. The lowest BCUT2D eigenvalue weighted by Gasteiger charge is -2.29. The molecular weight excluding hydrogens is 328 g/mol. The highest BCUT2D eigenvalue weighted by Gasteiger charge is 2.23. The van der Waals surface area contributed by atoms with Crippen LogP contribution in [-0.4, -0.2) is 56.1 Å². The second-order valence-electron chi connectivity index (χ2n) is 5.69. The lowest BCUT2D eigenvalue weighted by atomic mass is 10.1. The fraction of sp³-hybridized carbons (Fsp3) is 0.588. The Bertz CT molecular complexity index is 503. The molecule has 23 heavy (non-hydrogen) atoms. The number of aliphatic imine (C=N–C) groups is 1. The van der Waals surface area contributed by atoms with Gasteiger partial charge in [0.1, 0.15) is 0 Å². The van der Waals surface area contributed by atoms with Crippen molar-refractivity contribution >= 4 is 29.3 Å². The number of rotatable bonds is 7. The van der Waals surface area contributed by atoms with Crippen LogP contribution in [0.25, 0.3) is 0 Å². The van der Waals surface area contributed by atoms with Crippen molar-refractivity contribution in [3.8, 4) is 0 Å². The van der Waals surface area contributed by atoms with Crippen LogP contribution in [0.3, 0.4) is 0 Å². The Hall–Kier alpha value is -0.910. The highest BCUT2D eigenvalue weighted by Crippen LogP contribution is 2.26. The molecule has 1 aromatic rings. The van der Waals surface area contributed by atoms with Gasteiger partial charge in [-0.25, -0.2) is 0 Å². The van der Waals surface area contributed by atoms with Gasteiger partial charge in [0, 0.05) is 30.9 Å². The summed E-state index contributed by atoms with van der Waals surface area (Å²) in [6, 6.07) is 8.54. The van der Waals surface area contributed by atoms with E-state index < -0.39 is 0 Å². The molecule has 0 aliphatic carbocycles. The predicted molar refractivity (Wildman–Crippen MR) is 103 cm³/mol. The van der Waals surface area contributed by atoms with E-state index in [0.717, 1.165) is 42.9 Å². The summed E-state index contributed by atoms with van der Waals surface area (Å²) in [5, 5.41) is 7.62. The van der Waals surface area contributed by atoms with Gasteiger partial charge in [-0.05, 0) is 49.9 Å². The molecule has 0 saturated carbocycles. The van der Waals surface area contributed by atoms with Crippen molar-refractivity contribution in [2.75, 3.05) is 45.2 Å². The number of hydrogen-bond acceptors (Lipinski definition) is 3. The smallest absolute Gasteiger partial charge is 0.191 e. The number of benzene rings is 1. The van der Waals surface area contributed by atoms with Gasteiger partial charge in [0.05, 0.1) is 6.04 Å². The summed E-state index contributed by atoms with van der Waals surface area (Å²) in [5.41, 5.74) is 1.27. The SMILES string of the molecule is CN=C(NCCSC)NCC(c1cccc(Cl)c1)N1CCCC1. The van der Waals surface area contributed by atoms with E-state index in [1.165, 1.54) is 18.4 Å². The summed E-state index contributed by atoms with van der Waals surface area (Å²) in [6.45, 7) is 4.06. The number of likely N-dealkylation sites (tertiary alicyclic amines) is 1. The second kappa shape index (κ2) is 10.1. The minimum absolute atomic E-state index is 0.329. The Balaban J connectivity index is 2.00. The highest BCUT2D eigenvalue weighted by molar-refractivity contribution is 7.98. The summed E-state index contributed by atoms with van der Waals surface area (Å²) in [4.78, 5) is 6.85. The molecule has 0 spiro atoms. The topological polar surface area (TPSA) is 39.7 Å². The van der Waals surface area contributed by atoms with E-state index in [9.17, 15) is 0 Å². The third kappa shape index (κ3) is 5.90. The monoisotopic (exact) mass is 354 g/mol. The second-order valence-corrected chi connectivity index (χ2v) is 7.11. The van der Waals surface area contributed by atoms with Crippen LogP contribution >= 0.6 is 23.4 Å². The van der Waals surface area contributed by atoms with Crippen LogP contribution in [0.15, 0.2) is 29.3 Å². The number of nitrogens with zero attached hydrogens (tertiary/aromatic N) is 2. The number of nitrogens with one attached hydrogen (secondary N) is 2. The molecule has 1 aromatic carbocycles. The molecule has 0 aromatic heterocycles. The predicted octanol–water partition coefficient (Wildman–Crippen LogP) is 3.00. The lowest BCUT2D eigenvalue weighted by molar-refractivity contribution is 0.245. The molecule has 1 fully saturated rings. The molecule has 1 aliphatic heterocycles. The molecule has 1 heterocycles. The Morgan fingerprint density at radius 2 is 2.13 bits per heavy atom. The fourth-order valence-electron chi connectivity index (χ4n) is 2.91. The van der Waals surface area contributed by atoms with Crippen LogP contribution < -0.4 is 10.6 Å². The Morgan fingerprint density at radius 1 is 1.35 bits per heavy atom. The summed E-state index contributed by atoms with van der Waals surface area (Å²) in [7, 11) is 1.82. The van der Waals surface area contributed by atoms with Crippen molar-refractivity contribution in [2.24, 2.45) is 4.99 Å². The van der Waals surface area contributed by atoms with Crippen molar-refractivity contribution in [1.82, 2.24) is 15.5 Å². The van der Waals surface area contributed by atoms with Crippen molar-refractivity contribution in [3.05, 3.63) is 34.9 Å². The molecule has 2 rings (SSSR count). The van der Waals surface area contributed by atoms with Crippen LogP contribution in [0.1, 0.15) is 24.4 Å². The molecule has 1 aliphatic rings.